The zero-order chi connectivity index (χ0) is 13.2. The van der Waals surface area contributed by atoms with E-state index in [0.717, 1.165) is 22.1 Å². The zero-order valence-corrected chi connectivity index (χ0v) is 11.0. The van der Waals surface area contributed by atoms with E-state index in [0.29, 0.717) is 5.13 Å². The van der Waals surface area contributed by atoms with Crippen molar-refractivity contribution in [2.24, 2.45) is 0 Å². The molecule has 3 aromatic rings. The Hall–Kier alpha value is -2.21. The fourth-order valence-corrected chi connectivity index (χ4v) is 2.35. The van der Waals surface area contributed by atoms with E-state index in [1.54, 1.807) is 11.8 Å². The van der Waals surface area contributed by atoms with Crippen LogP contribution in [0.5, 0.6) is 0 Å². The van der Waals surface area contributed by atoms with Crippen molar-refractivity contribution in [3.8, 4) is 0 Å². The van der Waals surface area contributed by atoms with Gasteiger partial charge in [0, 0.05) is 10.9 Å². The molecule has 0 aliphatic rings. The highest BCUT2D eigenvalue weighted by molar-refractivity contribution is 7.13. The maximum absolute atomic E-state index is 11.9. The van der Waals surface area contributed by atoms with Gasteiger partial charge in [-0.3, -0.25) is 4.79 Å². The van der Waals surface area contributed by atoms with Gasteiger partial charge in [-0.15, -0.1) is 10.2 Å². The number of anilines is 1. The van der Waals surface area contributed by atoms with Gasteiger partial charge in [0.1, 0.15) is 11.1 Å². The number of nitrogens with one attached hydrogen (secondary N) is 1. The Bertz CT molecular complexity index is 719. The second kappa shape index (κ2) is 4.81. The summed E-state index contributed by atoms with van der Waals surface area (Å²) < 4.78 is 5.46. The highest BCUT2D eigenvalue weighted by Crippen LogP contribution is 2.23. The van der Waals surface area contributed by atoms with E-state index in [2.05, 4.69) is 15.5 Å². The lowest BCUT2D eigenvalue weighted by molar-refractivity contribution is -0.115. The largest absolute Gasteiger partial charge is 0.464 e. The van der Waals surface area contributed by atoms with E-state index < -0.39 is 0 Å². The molecule has 0 fully saturated rings. The van der Waals surface area contributed by atoms with Crippen LogP contribution in [0.2, 0.25) is 0 Å². The molecule has 3 rings (SSSR count). The summed E-state index contributed by atoms with van der Waals surface area (Å²) in [6.45, 7) is 2.00. The van der Waals surface area contributed by atoms with Gasteiger partial charge in [-0.1, -0.05) is 23.5 Å². The van der Waals surface area contributed by atoms with Crippen molar-refractivity contribution >= 4 is 33.3 Å². The third-order valence-corrected chi connectivity index (χ3v) is 3.38. The van der Waals surface area contributed by atoms with Crippen LogP contribution in [-0.4, -0.2) is 16.1 Å². The number of aromatic nitrogens is 2. The van der Waals surface area contributed by atoms with Crippen LogP contribution in [0.25, 0.3) is 11.0 Å². The molecule has 0 saturated carbocycles. The van der Waals surface area contributed by atoms with Gasteiger partial charge in [0.05, 0.1) is 12.7 Å². The first-order valence-electron chi connectivity index (χ1n) is 5.75. The van der Waals surface area contributed by atoms with Crippen LogP contribution < -0.4 is 5.32 Å². The topological polar surface area (TPSA) is 68.0 Å². The predicted molar refractivity (Wildman–Crippen MR) is 73.2 cm³/mol. The molecule has 19 heavy (non-hydrogen) atoms. The molecule has 2 aromatic heterocycles. The third kappa shape index (κ3) is 2.48. The Kier molecular flexibility index (Phi) is 3.00. The van der Waals surface area contributed by atoms with E-state index in [4.69, 9.17) is 4.42 Å². The molecule has 0 unspecified atom stereocenters. The first kappa shape index (κ1) is 11.9. The number of benzene rings is 1. The molecule has 1 aromatic carbocycles. The Morgan fingerprint density at radius 3 is 3.16 bits per heavy atom. The molecule has 0 spiro atoms. The Morgan fingerprint density at radius 1 is 1.47 bits per heavy atom. The summed E-state index contributed by atoms with van der Waals surface area (Å²) in [7, 11) is 0. The smallest absolute Gasteiger partial charge is 0.230 e. The van der Waals surface area contributed by atoms with Crippen molar-refractivity contribution in [1.29, 1.82) is 0 Å². The maximum Gasteiger partial charge on any atom is 0.230 e. The second-order valence-electron chi connectivity index (χ2n) is 4.23. The van der Waals surface area contributed by atoms with Crippen LogP contribution in [0.1, 0.15) is 11.1 Å². The van der Waals surface area contributed by atoms with Crippen molar-refractivity contribution in [1.82, 2.24) is 10.2 Å². The number of carbonyl (C=O) groups is 1. The lowest BCUT2D eigenvalue weighted by Gasteiger charge is -1.99. The van der Waals surface area contributed by atoms with Crippen molar-refractivity contribution < 1.29 is 9.21 Å². The third-order valence-electron chi connectivity index (χ3n) is 2.77. The quantitative estimate of drug-likeness (QED) is 0.796. The molecular formula is C13H11N3O2S. The second-order valence-corrected chi connectivity index (χ2v) is 5.06. The number of amides is 1. The molecular weight excluding hydrogens is 262 g/mol. The summed E-state index contributed by atoms with van der Waals surface area (Å²) in [4.78, 5) is 11.9. The summed E-state index contributed by atoms with van der Waals surface area (Å²) >= 11 is 1.29. The Labute approximate surface area is 113 Å². The summed E-state index contributed by atoms with van der Waals surface area (Å²) in [6, 6.07) is 5.94. The van der Waals surface area contributed by atoms with Gasteiger partial charge in [-0.2, -0.15) is 0 Å². The molecule has 1 amide bonds. The minimum Gasteiger partial charge on any atom is -0.464 e. The van der Waals surface area contributed by atoms with E-state index in [-0.39, 0.29) is 12.3 Å². The van der Waals surface area contributed by atoms with Crippen molar-refractivity contribution in [3.63, 3.8) is 0 Å². The van der Waals surface area contributed by atoms with Crippen LogP contribution in [0.15, 0.2) is 34.4 Å². The van der Waals surface area contributed by atoms with Gasteiger partial charge in [-0.25, -0.2) is 0 Å². The number of hydrogen-bond acceptors (Lipinski definition) is 5. The van der Waals surface area contributed by atoms with E-state index in [9.17, 15) is 4.79 Å². The van der Waals surface area contributed by atoms with Crippen LogP contribution in [0, 0.1) is 6.92 Å². The Balaban J connectivity index is 1.79. The molecule has 6 heteroatoms. The molecule has 0 aliphatic carbocycles. The number of rotatable bonds is 3. The van der Waals surface area contributed by atoms with Gasteiger partial charge in [0.2, 0.25) is 11.0 Å². The highest BCUT2D eigenvalue weighted by Gasteiger charge is 2.11. The average Bonchev–Trinajstić information content (AvgIpc) is 2.99. The summed E-state index contributed by atoms with van der Waals surface area (Å²) in [5.41, 5.74) is 4.38. The zero-order valence-electron chi connectivity index (χ0n) is 10.2. The van der Waals surface area contributed by atoms with Gasteiger partial charge in [0.15, 0.2) is 0 Å². The Morgan fingerprint density at radius 2 is 2.37 bits per heavy atom. The number of aryl methyl sites for hydroxylation is 1. The number of furan rings is 1. The van der Waals surface area contributed by atoms with Gasteiger partial charge in [0.25, 0.3) is 0 Å². The lowest BCUT2D eigenvalue weighted by Crippen LogP contribution is -2.13. The molecule has 1 N–H and O–H groups in total. The molecule has 96 valence electrons. The first-order chi connectivity index (χ1) is 9.22. The lowest BCUT2D eigenvalue weighted by atomic mass is 10.1. The molecule has 0 atom stereocenters. The summed E-state index contributed by atoms with van der Waals surface area (Å²) in [5.74, 6) is -0.125. The first-order valence-corrected chi connectivity index (χ1v) is 6.63. The van der Waals surface area contributed by atoms with E-state index >= 15 is 0 Å². The molecule has 0 aliphatic heterocycles. The van der Waals surface area contributed by atoms with E-state index in [1.807, 2.05) is 25.1 Å². The molecule has 5 nitrogen and oxygen atoms in total. The normalized spacial score (nSPS) is 10.8. The SMILES string of the molecule is Cc1ccc2c(CC(=O)Nc3nncs3)coc2c1. The maximum atomic E-state index is 11.9. The van der Waals surface area contributed by atoms with Crippen LogP contribution in [0.4, 0.5) is 5.13 Å². The molecule has 0 bridgehead atoms. The highest BCUT2D eigenvalue weighted by atomic mass is 32.1. The van der Waals surface area contributed by atoms with E-state index in [1.165, 1.54) is 11.3 Å². The average molecular weight is 273 g/mol. The van der Waals surface area contributed by atoms with Gasteiger partial charge < -0.3 is 9.73 Å². The minimum absolute atomic E-state index is 0.125. The standard InChI is InChI=1S/C13H11N3O2S/c1-8-2-3-10-9(6-18-11(10)4-8)5-12(17)15-13-16-14-7-19-13/h2-4,6-7H,5H2,1H3,(H,15,16,17). The minimum atomic E-state index is -0.125. The van der Waals surface area contributed by atoms with Crippen LogP contribution in [-0.2, 0) is 11.2 Å². The summed E-state index contributed by atoms with van der Waals surface area (Å²) in [5, 5.41) is 11.6. The predicted octanol–water partition coefficient (Wildman–Crippen LogP) is 2.77. The number of hydrogen-bond donors (Lipinski definition) is 1. The molecule has 2 heterocycles. The number of carbonyl (C=O) groups excluding carboxylic acids is 1. The van der Waals surface area contributed by atoms with Crippen molar-refractivity contribution in [3.05, 3.63) is 41.1 Å². The van der Waals surface area contributed by atoms with Gasteiger partial charge >= 0.3 is 0 Å². The van der Waals surface area contributed by atoms with Crippen molar-refractivity contribution in [2.45, 2.75) is 13.3 Å². The van der Waals surface area contributed by atoms with Crippen LogP contribution in [0.3, 0.4) is 0 Å². The van der Waals surface area contributed by atoms with Crippen LogP contribution >= 0.6 is 11.3 Å². The molecule has 0 saturated heterocycles. The monoisotopic (exact) mass is 273 g/mol. The fourth-order valence-electron chi connectivity index (χ4n) is 1.89. The van der Waals surface area contributed by atoms with Crippen molar-refractivity contribution in [2.75, 3.05) is 5.32 Å². The fraction of sp³-hybridized carbons (Fsp3) is 0.154. The summed E-state index contributed by atoms with van der Waals surface area (Å²) in [6.07, 6.45) is 1.89. The number of fused-ring (bicyclic) bond motifs is 1. The van der Waals surface area contributed by atoms with Gasteiger partial charge in [-0.05, 0) is 18.6 Å². The molecule has 0 radical (unpaired) electrons. The number of nitrogens with zero attached hydrogens (tertiary/aromatic N) is 2.